The average Bonchev–Trinajstić information content (AvgIpc) is 1.55. The van der Waals surface area contributed by atoms with E-state index in [4.69, 9.17) is 4.11 Å². The van der Waals surface area contributed by atoms with Gasteiger partial charge in [-0.2, -0.15) is 0 Å². The number of benzene rings is 11. The predicted molar refractivity (Wildman–Crippen MR) is 545 cm³/mol. The van der Waals surface area contributed by atoms with Crippen LogP contribution in [-0.4, -0.2) is 37.8 Å². The summed E-state index contributed by atoms with van der Waals surface area (Å²) < 4.78 is 26.8. The molecule has 0 bridgehead atoms. The number of para-hydroxylation sites is 5. The fourth-order valence-corrected chi connectivity index (χ4v) is 23.6. The zero-order valence-electron chi connectivity index (χ0n) is 82.0. The van der Waals surface area contributed by atoms with Crippen LogP contribution in [-0.2, 0) is 5.41 Å². The molecule has 10 aliphatic heterocycles. The van der Waals surface area contributed by atoms with Crippen molar-refractivity contribution >= 4 is 28.4 Å². The Morgan fingerprint density at radius 3 is 0.985 bits per heavy atom. The molecule has 2 saturated carbocycles. The van der Waals surface area contributed by atoms with Crippen molar-refractivity contribution in [1.82, 2.24) is 24.5 Å². The Morgan fingerprint density at radius 2 is 0.595 bits per heavy atom. The number of hydrogen-bond donors (Lipinski definition) is 0. The molecule has 131 heavy (non-hydrogen) atoms. The first kappa shape index (κ1) is 83.4. The summed E-state index contributed by atoms with van der Waals surface area (Å²) in [7, 11) is 0. The number of fused-ring (bicyclic) bond motifs is 5. The van der Waals surface area contributed by atoms with Crippen LogP contribution in [0.1, 0.15) is 210 Å². The van der Waals surface area contributed by atoms with Crippen molar-refractivity contribution in [3.8, 4) is 0 Å². The maximum absolute atomic E-state index is 9.08. The lowest BCUT2D eigenvalue weighted by Crippen LogP contribution is -2.32. The second-order valence-corrected chi connectivity index (χ2v) is 38.6. The van der Waals surface area contributed by atoms with Crippen molar-refractivity contribution in [2.24, 2.45) is 28.1 Å². The topological polar surface area (TPSA) is 32.4 Å². The van der Waals surface area contributed by atoms with Gasteiger partial charge in [0.05, 0.1) is 27.1 Å². The van der Waals surface area contributed by atoms with Crippen LogP contribution >= 0.6 is 0 Å². The number of anilines is 5. The van der Waals surface area contributed by atoms with Gasteiger partial charge in [-0.25, -0.2) is 0 Å². The number of hydrogen-bond acceptors (Lipinski definition) is 10. The van der Waals surface area contributed by atoms with Gasteiger partial charge in [-0.05, 0) is 204 Å². The second kappa shape index (κ2) is 36.3. The van der Waals surface area contributed by atoms with Gasteiger partial charge in [0.1, 0.15) is 18.5 Å². The minimum atomic E-state index is -0.942. The van der Waals surface area contributed by atoms with Crippen molar-refractivity contribution in [3.05, 3.63) is 483 Å². The summed E-state index contributed by atoms with van der Waals surface area (Å²) in [5.74, 6) is 0.560. The highest BCUT2D eigenvalue weighted by molar-refractivity contribution is 5.70. The van der Waals surface area contributed by atoms with E-state index in [1.54, 1.807) is 0 Å². The first-order valence-electron chi connectivity index (χ1n) is 49.4. The minimum absolute atomic E-state index is 0.0640. The van der Waals surface area contributed by atoms with Crippen molar-refractivity contribution in [1.29, 1.82) is 0 Å². The van der Waals surface area contributed by atoms with Crippen LogP contribution in [0.5, 0.6) is 0 Å². The van der Waals surface area contributed by atoms with Crippen LogP contribution in [0.3, 0.4) is 0 Å². The molecule has 2 fully saturated rings. The molecule has 0 N–H and O–H groups in total. The molecule has 0 aromatic heterocycles. The van der Waals surface area contributed by atoms with E-state index in [-0.39, 0.29) is 34.7 Å². The standard InChI is InChI=1S/C27H32N2.C26H30N2.C26H24N2.C22H24N2.C20H20N2/c1-20-12-10-11-17-24(20)29-21(2)25-27(3,23-15-8-5-9-16-23)18-19-28(25)26(29)22-13-6-4-7-14-22;1-19-11-7-10-16-23(19)28-20(2)24-26(3,22-14-8-9-15-22)17-18-27(24)25(28)21-12-5-4-6-13-21;1-20-11-9-10-16-24(20)28-19-27-18-17-26(25(27)21(28)2,22-12-5-3-6-13-22)23-14-7-4-8-15-23;1-16-10-8-9-13-19(16)24-17(2)20-22(3,4)14-15-23(20)21(24)18-11-6-5-7-12-18;1-15-8-6-7-11-19(15)22-14-21-13-12-18(20(21)16(22)2)17-9-4-3-5-10-17/h4,6-7,10-14,17-19,23,26H,5,8-9,15-16H2,1-3H3;4-7,10-13,16-18,22,25H,8-9,14-15H2,1-3H3;3-18H,19H2,1-2H3;5-15,21H,1-4H3;3-13,18H,14H2,1-2H3/i;;19D;;14D,18D. The quantitative estimate of drug-likeness (QED) is 0.111. The molecule has 0 saturated heterocycles. The smallest absolute Gasteiger partial charge is 0.136 e. The Balaban J connectivity index is 0.000000108. The van der Waals surface area contributed by atoms with E-state index < -0.39 is 24.6 Å². The zero-order chi connectivity index (χ0) is 93.1. The molecule has 10 heterocycles. The molecule has 23 rings (SSSR count). The van der Waals surface area contributed by atoms with Gasteiger partial charge in [0.15, 0.2) is 0 Å². The Kier molecular flexibility index (Phi) is 23.1. The fourth-order valence-electron chi connectivity index (χ4n) is 23.6. The van der Waals surface area contributed by atoms with Crippen molar-refractivity contribution < 1.29 is 4.11 Å². The Labute approximate surface area is 785 Å². The Morgan fingerprint density at radius 1 is 0.282 bits per heavy atom. The van der Waals surface area contributed by atoms with Crippen molar-refractivity contribution in [2.75, 3.05) is 37.8 Å². The van der Waals surface area contributed by atoms with Crippen LogP contribution in [0.2, 0.25) is 0 Å². The molecule has 8 unspecified atom stereocenters. The lowest BCUT2D eigenvalue weighted by molar-refractivity contribution is 0.205. The van der Waals surface area contributed by atoms with Gasteiger partial charge in [-0.3, -0.25) is 0 Å². The normalized spacial score (nSPS) is 24.8. The average molecular weight is 1730 g/mol. The van der Waals surface area contributed by atoms with Crippen LogP contribution in [0.15, 0.2) is 422 Å². The molecule has 10 nitrogen and oxygen atoms in total. The lowest BCUT2D eigenvalue weighted by atomic mass is 9.68. The number of rotatable bonds is 13. The summed E-state index contributed by atoms with van der Waals surface area (Å²) in [6, 6.07) is 107. The van der Waals surface area contributed by atoms with Gasteiger partial charge >= 0.3 is 0 Å². The molecule has 11 aromatic carbocycles. The van der Waals surface area contributed by atoms with E-state index in [2.05, 4.69) is 427 Å². The largest absolute Gasteiger partial charge is 0.331 e. The third kappa shape index (κ3) is 15.6. The highest BCUT2D eigenvalue weighted by atomic mass is 15.5. The zero-order valence-corrected chi connectivity index (χ0v) is 79.0. The van der Waals surface area contributed by atoms with Crippen LogP contribution in [0.4, 0.5) is 28.4 Å². The van der Waals surface area contributed by atoms with Crippen LogP contribution in [0.25, 0.3) is 0 Å². The van der Waals surface area contributed by atoms with E-state index in [0.29, 0.717) is 0 Å². The highest BCUT2D eigenvalue weighted by Crippen LogP contribution is 2.62. The summed E-state index contributed by atoms with van der Waals surface area (Å²) in [4.78, 5) is 23.4. The van der Waals surface area contributed by atoms with E-state index in [9.17, 15) is 0 Å². The second-order valence-electron chi connectivity index (χ2n) is 38.6. The van der Waals surface area contributed by atoms with E-state index in [1.165, 1.54) is 159 Å². The molecule has 0 spiro atoms. The first-order chi connectivity index (χ1) is 64.9. The van der Waals surface area contributed by atoms with Gasteiger partial charge < -0.3 is 49.0 Å². The molecular formula is C121H130N10. The molecule has 0 radical (unpaired) electrons. The lowest BCUT2D eigenvalue weighted by Gasteiger charge is -2.38. The van der Waals surface area contributed by atoms with Crippen molar-refractivity contribution in [2.45, 2.75) is 185 Å². The monoisotopic (exact) mass is 1730 g/mol. The van der Waals surface area contributed by atoms with E-state index >= 15 is 0 Å². The summed E-state index contributed by atoms with van der Waals surface area (Å²) in [5, 5.41) is 0. The molecule has 11 aromatic rings. The molecule has 664 valence electrons. The van der Waals surface area contributed by atoms with Gasteiger partial charge in [0.2, 0.25) is 0 Å². The summed E-state index contributed by atoms with van der Waals surface area (Å²) in [6.07, 6.45) is 35.3. The number of nitrogens with zero attached hydrogens (tertiary/aromatic N) is 10. The van der Waals surface area contributed by atoms with Gasteiger partial charge in [-0.15, -0.1) is 0 Å². The number of allylic oxidation sites excluding steroid dienone is 10. The maximum Gasteiger partial charge on any atom is 0.136 e. The highest BCUT2D eigenvalue weighted by Gasteiger charge is 2.54. The van der Waals surface area contributed by atoms with Crippen LogP contribution < -0.4 is 24.5 Å². The maximum atomic E-state index is 9.08. The van der Waals surface area contributed by atoms with E-state index in [1.807, 2.05) is 83.6 Å². The van der Waals surface area contributed by atoms with E-state index in [0.717, 1.165) is 57.1 Å². The molecule has 2 aliphatic carbocycles. The third-order valence-corrected chi connectivity index (χ3v) is 30.1. The van der Waals surface area contributed by atoms with Crippen molar-refractivity contribution in [3.63, 3.8) is 0 Å². The fraction of sp³-hybridized carbons (Fsp3) is 0.289. The molecule has 8 atom stereocenters. The summed E-state index contributed by atoms with van der Waals surface area (Å²) >= 11 is 0. The van der Waals surface area contributed by atoms with Gasteiger partial charge in [0, 0.05) is 134 Å². The molecular weight excluding hydrogens is 1590 g/mol. The summed E-state index contributed by atoms with van der Waals surface area (Å²) in [6.45, 7) is 30.4. The third-order valence-electron chi connectivity index (χ3n) is 30.1. The van der Waals surface area contributed by atoms with Gasteiger partial charge in [0.25, 0.3) is 0 Å². The SMILES string of the molecule is CC1=C2N(C=CC2(C)C)C(c2ccccc2)N1c1ccccc1C.CC1=C2N(C=CC2(C)C2CCCC2)C(c2ccccc2)N1c1ccccc1C.CC1=C2N(C=CC2(C)C2CCCCC2)C(c2ccccc2)N1c1ccccc1C.[2H]C1N2C=CC([2H])(c3ccccc3)C2=C(C)N1c1ccccc1C.[2H]C1N2C=CC(c3ccccc3)(c3ccccc3)C2=C(C)N1c1ccccc1C. The summed E-state index contributed by atoms with van der Waals surface area (Å²) in [5.41, 5.74) is 32.4. The first-order valence-corrected chi connectivity index (χ1v) is 47.8. The number of aryl methyl sites for hydroxylation is 5. The molecule has 10 heteroatoms. The van der Waals surface area contributed by atoms with Gasteiger partial charge in [-0.1, -0.05) is 357 Å². The molecule has 12 aliphatic rings. The Hall–Kier alpha value is -13.2. The van der Waals surface area contributed by atoms with Crippen LogP contribution in [0, 0.1) is 62.7 Å². The Bertz CT molecular complexity index is 6440. The predicted octanol–water partition coefficient (Wildman–Crippen LogP) is 30.0. The molecule has 0 amide bonds. The minimum Gasteiger partial charge on any atom is -0.331 e.